The molecule has 1 N–H and O–H groups in total. The van der Waals surface area contributed by atoms with Gasteiger partial charge in [0.1, 0.15) is 11.8 Å². The van der Waals surface area contributed by atoms with Crippen molar-refractivity contribution < 1.29 is 14.3 Å². The number of rotatable bonds is 9. The van der Waals surface area contributed by atoms with Crippen LogP contribution in [-0.4, -0.2) is 36.4 Å². The maximum Gasteiger partial charge on any atom is 0.242 e. The summed E-state index contributed by atoms with van der Waals surface area (Å²) in [5.74, 6) is 0.903. The maximum absolute atomic E-state index is 13.1. The molecule has 5 nitrogen and oxygen atoms in total. The fourth-order valence-corrected chi connectivity index (χ4v) is 2.94. The lowest BCUT2D eigenvalue weighted by atomic mass is 10.1. The molecule has 0 unspecified atom stereocenters. The number of hydrogen-bond acceptors (Lipinski definition) is 3. The fourth-order valence-electron chi connectivity index (χ4n) is 2.94. The quantitative estimate of drug-likeness (QED) is 0.703. The van der Waals surface area contributed by atoms with Crippen molar-refractivity contribution in [1.29, 1.82) is 0 Å². The van der Waals surface area contributed by atoms with Gasteiger partial charge < -0.3 is 15.0 Å². The first-order valence-corrected chi connectivity index (χ1v) is 10.1. The van der Waals surface area contributed by atoms with E-state index >= 15 is 0 Å². The number of methoxy groups -OCH3 is 1. The maximum atomic E-state index is 13.1. The zero-order valence-corrected chi connectivity index (χ0v) is 18.1. The van der Waals surface area contributed by atoms with Crippen LogP contribution in [-0.2, 0) is 22.6 Å². The first-order chi connectivity index (χ1) is 13.8. The number of nitrogens with zero attached hydrogens (tertiary/aromatic N) is 1. The van der Waals surface area contributed by atoms with Gasteiger partial charge >= 0.3 is 0 Å². The number of amides is 2. The van der Waals surface area contributed by atoms with Crippen LogP contribution in [0.3, 0.4) is 0 Å². The Kier molecular flexibility index (Phi) is 8.25. The van der Waals surface area contributed by atoms with Crippen molar-refractivity contribution >= 4 is 11.8 Å². The molecule has 2 aromatic carbocycles. The Morgan fingerprint density at radius 3 is 2.10 bits per heavy atom. The molecular weight excluding hydrogens is 364 g/mol. The molecule has 2 rings (SSSR count). The van der Waals surface area contributed by atoms with Gasteiger partial charge in [-0.15, -0.1) is 0 Å². The van der Waals surface area contributed by atoms with E-state index in [0.29, 0.717) is 19.0 Å². The van der Waals surface area contributed by atoms with E-state index < -0.39 is 6.04 Å². The van der Waals surface area contributed by atoms with Crippen LogP contribution in [0.15, 0.2) is 48.5 Å². The molecule has 0 aromatic heterocycles. The second-order valence-corrected chi connectivity index (χ2v) is 7.85. The van der Waals surface area contributed by atoms with Gasteiger partial charge in [-0.1, -0.05) is 55.8 Å². The predicted molar refractivity (Wildman–Crippen MR) is 116 cm³/mol. The van der Waals surface area contributed by atoms with E-state index in [1.165, 1.54) is 0 Å². The van der Waals surface area contributed by atoms with Crippen LogP contribution in [0.25, 0.3) is 0 Å². The molecule has 0 spiro atoms. The minimum atomic E-state index is -0.561. The van der Waals surface area contributed by atoms with Crippen molar-refractivity contribution in [3.8, 4) is 5.75 Å². The standard InChI is InChI=1S/C24H32N2O3/c1-17(2)15-25-24(28)19(4)26(16-21-10-12-22(29-5)13-11-21)23(27)14-20-8-6-18(3)7-9-20/h6-13,17,19H,14-16H2,1-5H3,(H,25,28)/t19-/m0/s1. The second kappa shape index (κ2) is 10.6. The van der Waals surface area contributed by atoms with Gasteiger partial charge in [-0.3, -0.25) is 9.59 Å². The van der Waals surface area contributed by atoms with Gasteiger partial charge in [0.15, 0.2) is 0 Å². The third-order valence-corrected chi connectivity index (χ3v) is 4.84. The molecule has 0 saturated heterocycles. The summed E-state index contributed by atoms with van der Waals surface area (Å²) in [6, 6.07) is 14.9. The summed E-state index contributed by atoms with van der Waals surface area (Å²) in [4.78, 5) is 27.4. The number of nitrogens with one attached hydrogen (secondary N) is 1. The smallest absolute Gasteiger partial charge is 0.242 e. The lowest BCUT2D eigenvalue weighted by Gasteiger charge is -2.29. The van der Waals surface area contributed by atoms with Crippen molar-refractivity contribution in [1.82, 2.24) is 10.2 Å². The molecule has 2 aromatic rings. The fraction of sp³-hybridized carbons (Fsp3) is 0.417. The Bertz CT molecular complexity index is 798. The highest BCUT2D eigenvalue weighted by Gasteiger charge is 2.26. The average Bonchev–Trinajstić information content (AvgIpc) is 2.71. The Hall–Kier alpha value is -2.82. The van der Waals surface area contributed by atoms with E-state index in [4.69, 9.17) is 4.74 Å². The molecule has 0 bridgehead atoms. The molecule has 156 valence electrons. The van der Waals surface area contributed by atoms with Crippen molar-refractivity contribution in [3.05, 3.63) is 65.2 Å². The number of ether oxygens (including phenoxy) is 1. The molecule has 0 radical (unpaired) electrons. The number of carbonyl (C=O) groups excluding carboxylic acids is 2. The minimum absolute atomic E-state index is 0.0723. The van der Waals surface area contributed by atoms with Gasteiger partial charge in [0.2, 0.25) is 11.8 Å². The first-order valence-electron chi connectivity index (χ1n) is 10.1. The van der Waals surface area contributed by atoms with E-state index in [0.717, 1.165) is 22.4 Å². The number of aryl methyl sites for hydroxylation is 1. The second-order valence-electron chi connectivity index (χ2n) is 7.85. The summed E-state index contributed by atoms with van der Waals surface area (Å²) in [5.41, 5.74) is 3.04. The summed E-state index contributed by atoms with van der Waals surface area (Å²) < 4.78 is 5.21. The molecule has 0 fully saturated rings. The van der Waals surface area contributed by atoms with Crippen LogP contribution < -0.4 is 10.1 Å². The Balaban J connectivity index is 2.18. The molecular formula is C24H32N2O3. The lowest BCUT2D eigenvalue weighted by molar-refractivity contribution is -0.140. The SMILES string of the molecule is COc1ccc(CN(C(=O)Cc2ccc(C)cc2)[C@@H](C)C(=O)NCC(C)C)cc1. The molecule has 0 aliphatic heterocycles. The van der Waals surface area contributed by atoms with Crippen LogP contribution >= 0.6 is 0 Å². The molecule has 2 amide bonds. The zero-order valence-electron chi connectivity index (χ0n) is 18.1. The van der Waals surface area contributed by atoms with E-state index in [1.54, 1.807) is 18.9 Å². The molecule has 0 aliphatic carbocycles. The molecule has 0 saturated carbocycles. The summed E-state index contributed by atoms with van der Waals surface area (Å²) in [6.07, 6.45) is 0.262. The van der Waals surface area contributed by atoms with Crippen LogP contribution in [0.2, 0.25) is 0 Å². The molecule has 29 heavy (non-hydrogen) atoms. The highest BCUT2D eigenvalue weighted by atomic mass is 16.5. The van der Waals surface area contributed by atoms with Crippen molar-refractivity contribution in [2.24, 2.45) is 5.92 Å². The molecule has 0 aliphatic rings. The highest BCUT2D eigenvalue weighted by Crippen LogP contribution is 2.16. The predicted octanol–water partition coefficient (Wildman–Crippen LogP) is 3.74. The van der Waals surface area contributed by atoms with E-state index in [9.17, 15) is 9.59 Å². The number of carbonyl (C=O) groups is 2. The van der Waals surface area contributed by atoms with Gasteiger partial charge in [0.05, 0.1) is 13.5 Å². The van der Waals surface area contributed by atoms with Crippen LogP contribution in [0.4, 0.5) is 0 Å². The normalized spacial score (nSPS) is 11.8. The van der Waals surface area contributed by atoms with Crippen molar-refractivity contribution in [3.63, 3.8) is 0 Å². The number of hydrogen-bond donors (Lipinski definition) is 1. The largest absolute Gasteiger partial charge is 0.497 e. The van der Waals surface area contributed by atoms with Gasteiger partial charge in [-0.2, -0.15) is 0 Å². The van der Waals surface area contributed by atoms with Crippen LogP contribution in [0, 0.1) is 12.8 Å². The summed E-state index contributed by atoms with van der Waals surface area (Å²) >= 11 is 0. The van der Waals surface area contributed by atoms with E-state index in [1.807, 2.05) is 69.3 Å². The van der Waals surface area contributed by atoms with Gasteiger partial charge in [0, 0.05) is 13.1 Å². The zero-order chi connectivity index (χ0) is 21.4. The third-order valence-electron chi connectivity index (χ3n) is 4.84. The van der Waals surface area contributed by atoms with Crippen LogP contribution in [0.1, 0.15) is 37.5 Å². The Labute approximate surface area is 174 Å². The van der Waals surface area contributed by atoms with Crippen molar-refractivity contribution in [2.75, 3.05) is 13.7 Å². The highest BCUT2D eigenvalue weighted by molar-refractivity contribution is 5.88. The van der Waals surface area contributed by atoms with Crippen molar-refractivity contribution in [2.45, 2.75) is 46.7 Å². The van der Waals surface area contributed by atoms with Gasteiger partial charge in [0.25, 0.3) is 0 Å². The summed E-state index contributed by atoms with van der Waals surface area (Å²) in [7, 11) is 1.62. The summed E-state index contributed by atoms with van der Waals surface area (Å²) in [6.45, 7) is 8.84. The topological polar surface area (TPSA) is 58.6 Å². The third kappa shape index (κ3) is 6.93. The van der Waals surface area contributed by atoms with Crippen LogP contribution in [0.5, 0.6) is 5.75 Å². The monoisotopic (exact) mass is 396 g/mol. The molecule has 5 heteroatoms. The lowest BCUT2D eigenvalue weighted by Crippen LogP contribution is -2.48. The molecule has 1 atom stereocenters. The van der Waals surface area contributed by atoms with Gasteiger partial charge in [-0.25, -0.2) is 0 Å². The first kappa shape index (κ1) is 22.5. The minimum Gasteiger partial charge on any atom is -0.497 e. The van der Waals surface area contributed by atoms with E-state index in [2.05, 4.69) is 5.32 Å². The van der Waals surface area contributed by atoms with Gasteiger partial charge in [-0.05, 0) is 43.0 Å². The summed E-state index contributed by atoms with van der Waals surface area (Å²) in [5, 5.41) is 2.94. The van der Waals surface area contributed by atoms with E-state index in [-0.39, 0.29) is 18.2 Å². The Morgan fingerprint density at radius 2 is 1.55 bits per heavy atom. The average molecular weight is 397 g/mol. The Morgan fingerprint density at radius 1 is 0.966 bits per heavy atom. The molecule has 0 heterocycles. The number of benzene rings is 2.